The molecule has 3 aromatic carbocycles. The molecule has 0 fully saturated rings. The van der Waals surface area contributed by atoms with E-state index in [2.05, 4.69) is 15.2 Å². The van der Waals surface area contributed by atoms with Crippen molar-refractivity contribution in [2.75, 3.05) is 5.73 Å². The van der Waals surface area contributed by atoms with Crippen LogP contribution < -0.4 is 5.73 Å². The first-order chi connectivity index (χ1) is 14.7. The predicted molar refractivity (Wildman–Crippen MR) is 124 cm³/mol. The van der Waals surface area contributed by atoms with E-state index in [4.69, 9.17) is 5.73 Å². The van der Waals surface area contributed by atoms with Gasteiger partial charge in [-0.2, -0.15) is 8.42 Å². The fraction of sp³-hybridized carbons (Fsp3) is 0.0455. The molecule has 0 spiro atoms. The molecule has 3 N–H and O–H groups in total. The molecule has 32 heavy (non-hydrogen) atoms. The average molecular weight is 460 g/mol. The molecular formula is C22H18FN4NaO3S. The van der Waals surface area contributed by atoms with E-state index in [1.54, 1.807) is 48.5 Å². The van der Waals surface area contributed by atoms with E-state index in [1.807, 2.05) is 6.92 Å². The van der Waals surface area contributed by atoms with Crippen LogP contribution in [0.4, 0.5) is 21.5 Å². The van der Waals surface area contributed by atoms with E-state index in [1.165, 1.54) is 18.3 Å². The van der Waals surface area contributed by atoms with Gasteiger partial charge in [0.05, 0.1) is 17.6 Å². The minimum absolute atomic E-state index is 0. The molecule has 0 amide bonds. The molecule has 0 radical (unpaired) electrons. The van der Waals surface area contributed by atoms with Crippen molar-refractivity contribution in [3.63, 3.8) is 0 Å². The number of benzene rings is 3. The molecule has 10 heteroatoms. The molecule has 0 aliphatic rings. The van der Waals surface area contributed by atoms with E-state index in [-0.39, 0.29) is 57.0 Å². The zero-order valence-corrected chi connectivity index (χ0v) is 17.1. The molecular weight excluding hydrogens is 442 g/mol. The molecule has 0 bridgehead atoms. The SMILES string of the molecule is Cc1ccc(F)c(-c2ccc(/N=N/c3cc(S(=O)(=O)O)c4ccccc4c3N)cn2)c1.[NaH]. The van der Waals surface area contributed by atoms with E-state index < -0.39 is 10.1 Å². The summed E-state index contributed by atoms with van der Waals surface area (Å²) >= 11 is 0. The summed E-state index contributed by atoms with van der Waals surface area (Å²) in [5, 5.41) is 8.81. The fourth-order valence-electron chi connectivity index (χ4n) is 3.20. The van der Waals surface area contributed by atoms with Gasteiger partial charge in [0.25, 0.3) is 10.1 Å². The number of hydrogen-bond acceptors (Lipinski definition) is 6. The number of aromatic nitrogens is 1. The summed E-state index contributed by atoms with van der Waals surface area (Å²) in [5.41, 5.74) is 8.53. The number of nitrogen functional groups attached to an aromatic ring is 1. The summed E-state index contributed by atoms with van der Waals surface area (Å²) in [6, 6.07) is 15.7. The van der Waals surface area contributed by atoms with Crippen molar-refractivity contribution in [2.24, 2.45) is 10.2 Å². The first-order valence-electron chi connectivity index (χ1n) is 9.17. The molecule has 0 aliphatic carbocycles. The van der Waals surface area contributed by atoms with Crippen molar-refractivity contribution in [3.05, 3.63) is 78.2 Å². The van der Waals surface area contributed by atoms with Gasteiger partial charge in [-0.1, -0.05) is 35.9 Å². The summed E-state index contributed by atoms with van der Waals surface area (Å²) < 4.78 is 47.3. The molecule has 1 heterocycles. The Hall–Kier alpha value is -2.69. The van der Waals surface area contributed by atoms with Gasteiger partial charge < -0.3 is 5.73 Å². The number of aryl methyl sites for hydroxylation is 1. The third kappa shape index (κ3) is 4.87. The molecule has 0 saturated carbocycles. The van der Waals surface area contributed by atoms with Crippen LogP contribution in [0.1, 0.15) is 5.56 Å². The number of pyridine rings is 1. The fourth-order valence-corrected chi connectivity index (χ4v) is 3.91. The van der Waals surface area contributed by atoms with E-state index in [0.717, 1.165) is 5.56 Å². The van der Waals surface area contributed by atoms with Crippen molar-refractivity contribution in [1.82, 2.24) is 4.98 Å². The van der Waals surface area contributed by atoms with E-state index in [0.29, 0.717) is 22.3 Å². The second-order valence-electron chi connectivity index (χ2n) is 6.91. The van der Waals surface area contributed by atoms with Crippen LogP contribution in [-0.4, -0.2) is 47.5 Å². The molecule has 0 aliphatic heterocycles. The van der Waals surface area contributed by atoms with Crippen molar-refractivity contribution >= 4 is 67.5 Å². The Morgan fingerprint density at radius 1 is 1.00 bits per heavy atom. The molecule has 7 nitrogen and oxygen atoms in total. The second kappa shape index (κ2) is 9.43. The summed E-state index contributed by atoms with van der Waals surface area (Å²) in [7, 11) is -4.50. The van der Waals surface area contributed by atoms with Gasteiger partial charge in [-0.05, 0) is 37.3 Å². The maximum atomic E-state index is 14.1. The summed E-state index contributed by atoms with van der Waals surface area (Å²) in [4.78, 5) is 3.92. The molecule has 158 valence electrons. The van der Waals surface area contributed by atoms with Crippen LogP contribution in [0.2, 0.25) is 0 Å². The number of azo groups is 1. The Labute approximate surface area is 206 Å². The zero-order chi connectivity index (χ0) is 22.2. The third-order valence-electron chi connectivity index (χ3n) is 4.72. The summed E-state index contributed by atoms with van der Waals surface area (Å²) in [5.74, 6) is -0.380. The quantitative estimate of drug-likeness (QED) is 0.193. The minimum atomic E-state index is -4.50. The number of halogens is 1. The van der Waals surface area contributed by atoms with Crippen molar-refractivity contribution < 1.29 is 17.4 Å². The van der Waals surface area contributed by atoms with Gasteiger partial charge in [-0.3, -0.25) is 9.54 Å². The van der Waals surface area contributed by atoms with Crippen LogP contribution in [0.25, 0.3) is 22.0 Å². The standard InChI is InChI=1S/C22H17FN4O3S.Na.H/c1-13-6-8-18(23)17(10-13)19-9-7-14(12-25-19)26-27-20-11-21(31(28,29)30)15-4-2-3-5-16(15)22(20)24;;/h2-12H,24H2,1H3,(H,28,29,30);;/b27-26+;;. The van der Waals surface area contributed by atoms with Crippen molar-refractivity contribution in [1.29, 1.82) is 0 Å². The van der Waals surface area contributed by atoms with Gasteiger partial charge in [0.15, 0.2) is 0 Å². The van der Waals surface area contributed by atoms with Crippen molar-refractivity contribution in [3.8, 4) is 11.3 Å². The number of nitrogens with zero attached hydrogens (tertiary/aromatic N) is 3. The van der Waals surface area contributed by atoms with Gasteiger partial charge in [0, 0.05) is 16.3 Å². The number of fused-ring (bicyclic) bond motifs is 1. The van der Waals surface area contributed by atoms with Crippen LogP contribution in [0.15, 0.2) is 82.0 Å². The number of rotatable bonds is 4. The summed E-state index contributed by atoms with van der Waals surface area (Å²) in [6.07, 6.45) is 1.42. The first kappa shape index (κ1) is 24.0. The van der Waals surface area contributed by atoms with Crippen LogP contribution >= 0.6 is 0 Å². The van der Waals surface area contributed by atoms with Gasteiger partial charge in [0.2, 0.25) is 0 Å². The number of hydrogen-bond donors (Lipinski definition) is 2. The van der Waals surface area contributed by atoms with E-state index in [9.17, 15) is 17.4 Å². The van der Waals surface area contributed by atoms with Crippen LogP contribution in [-0.2, 0) is 10.1 Å². The monoisotopic (exact) mass is 460 g/mol. The molecule has 0 unspecified atom stereocenters. The predicted octanol–water partition coefficient (Wildman–Crippen LogP) is 4.95. The Balaban J connectivity index is 0.00000289. The maximum absolute atomic E-state index is 14.1. The van der Waals surface area contributed by atoms with Gasteiger partial charge in [-0.25, -0.2) is 4.39 Å². The Morgan fingerprint density at radius 3 is 2.38 bits per heavy atom. The molecule has 4 aromatic rings. The molecule has 4 rings (SSSR count). The first-order valence-corrected chi connectivity index (χ1v) is 10.6. The Kier molecular flexibility index (Phi) is 7.06. The summed E-state index contributed by atoms with van der Waals surface area (Å²) in [6.45, 7) is 1.86. The Morgan fingerprint density at radius 2 is 1.72 bits per heavy atom. The topological polar surface area (TPSA) is 118 Å². The van der Waals surface area contributed by atoms with Crippen LogP contribution in [0.3, 0.4) is 0 Å². The van der Waals surface area contributed by atoms with Crippen LogP contribution in [0.5, 0.6) is 0 Å². The Bertz CT molecular complexity index is 1440. The molecule has 0 atom stereocenters. The molecule has 1 aromatic heterocycles. The second-order valence-corrected chi connectivity index (χ2v) is 8.30. The van der Waals surface area contributed by atoms with Gasteiger partial charge >= 0.3 is 29.6 Å². The zero-order valence-electron chi connectivity index (χ0n) is 16.3. The molecule has 0 saturated heterocycles. The third-order valence-corrected chi connectivity index (χ3v) is 5.62. The average Bonchev–Trinajstić information content (AvgIpc) is 2.75. The van der Waals surface area contributed by atoms with Crippen LogP contribution in [0, 0.1) is 12.7 Å². The van der Waals surface area contributed by atoms with Gasteiger partial charge in [0.1, 0.15) is 22.1 Å². The number of nitrogens with two attached hydrogens (primary N) is 1. The van der Waals surface area contributed by atoms with E-state index >= 15 is 0 Å². The van der Waals surface area contributed by atoms with Gasteiger partial charge in [-0.15, -0.1) is 10.2 Å². The normalized spacial score (nSPS) is 11.6. The van der Waals surface area contributed by atoms with Crippen molar-refractivity contribution in [2.45, 2.75) is 11.8 Å². The number of anilines is 1.